The molecule has 4 rings (SSSR count). The minimum atomic E-state index is 0.885. The third kappa shape index (κ3) is 0.581. The van der Waals surface area contributed by atoms with Gasteiger partial charge in [0.05, 0.1) is 0 Å². The Balaban J connectivity index is 1.68. The second kappa shape index (κ2) is 1.39. The van der Waals surface area contributed by atoms with Gasteiger partial charge in [-0.05, 0) is 49.4 Å². The van der Waals surface area contributed by atoms with Crippen LogP contribution < -0.4 is 5.32 Å². The van der Waals surface area contributed by atoms with Crippen LogP contribution in [0, 0.1) is 17.3 Å². The van der Waals surface area contributed by atoms with E-state index in [1.165, 1.54) is 12.8 Å². The molecule has 1 aliphatic heterocycles. The highest BCUT2D eigenvalue weighted by Crippen LogP contribution is 2.65. The molecule has 0 aromatic rings. The normalized spacial score (nSPS) is 61.1. The molecule has 1 heteroatoms. The van der Waals surface area contributed by atoms with Crippen LogP contribution in [-0.4, -0.2) is 12.1 Å². The van der Waals surface area contributed by atoms with Gasteiger partial charge in [-0.2, -0.15) is 0 Å². The van der Waals surface area contributed by atoms with E-state index in [2.05, 4.69) is 5.32 Å². The second-order valence-corrected chi connectivity index (χ2v) is 5.35. The Morgan fingerprint density at radius 3 is 2.64 bits per heavy atom. The van der Waals surface area contributed by atoms with Crippen LogP contribution in [0.1, 0.15) is 32.1 Å². The molecule has 0 radical (unpaired) electrons. The number of piperidine rings is 1. The first-order chi connectivity index (χ1) is 5.36. The molecule has 3 saturated carbocycles. The van der Waals surface area contributed by atoms with Gasteiger partial charge in [-0.15, -0.1) is 0 Å². The van der Waals surface area contributed by atoms with Crippen LogP contribution in [0.2, 0.25) is 0 Å². The molecule has 1 saturated heterocycles. The molecule has 4 fully saturated rings. The minimum absolute atomic E-state index is 0.885. The van der Waals surface area contributed by atoms with Gasteiger partial charge in [0.25, 0.3) is 0 Å². The first-order valence-electron chi connectivity index (χ1n) is 5.12. The van der Waals surface area contributed by atoms with Gasteiger partial charge in [-0.3, -0.25) is 0 Å². The summed E-state index contributed by atoms with van der Waals surface area (Å²) in [6.07, 6.45) is 7.74. The highest BCUT2D eigenvalue weighted by Gasteiger charge is 2.62. The van der Waals surface area contributed by atoms with Crippen molar-refractivity contribution in [2.24, 2.45) is 17.3 Å². The molecule has 0 aromatic heterocycles. The van der Waals surface area contributed by atoms with Crippen LogP contribution in [0.3, 0.4) is 0 Å². The van der Waals surface area contributed by atoms with Crippen molar-refractivity contribution < 1.29 is 0 Å². The Hall–Kier alpha value is -0.0400. The largest absolute Gasteiger partial charge is 0.311 e. The van der Waals surface area contributed by atoms with E-state index in [1.807, 2.05) is 0 Å². The highest BCUT2D eigenvalue weighted by atomic mass is 15.1. The Bertz CT molecular complexity index is 219. The van der Waals surface area contributed by atoms with Gasteiger partial charge < -0.3 is 5.32 Å². The average molecular weight is 149 g/mol. The van der Waals surface area contributed by atoms with Gasteiger partial charge in [-0.25, -0.2) is 0 Å². The monoisotopic (exact) mass is 149 g/mol. The van der Waals surface area contributed by atoms with E-state index in [0.29, 0.717) is 0 Å². The summed E-state index contributed by atoms with van der Waals surface area (Å²) in [5, 5.41) is 3.79. The molecular formula is C10H15N. The molecule has 4 unspecified atom stereocenters. The summed E-state index contributed by atoms with van der Waals surface area (Å²) in [7, 11) is 0. The van der Waals surface area contributed by atoms with Crippen molar-refractivity contribution >= 4 is 0 Å². The maximum absolute atomic E-state index is 3.79. The maximum Gasteiger partial charge on any atom is 0.0107 e. The lowest BCUT2D eigenvalue weighted by Gasteiger charge is -2.11. The molecule has 1 N–H and O–H groups in total. The van der Waals surface area contributed by atoms with Gasteiger partial charge in [0.2, 0.25) is 0 Å². The topological polar surface area (TPSA) is 12.0 Å². The molecule has 1 spiro atoms. The SMILES string of the molecule is C1C2NC3CC4(CC4)CC3C12. The highest BCUT2D eigenvalue weighted by molar-refractivity contribution is 5.17. The summed E-state index contributed by atoms with van der Waals surface area (Å²) in [5.74, 6) is 2.24. The zero-order valence-corrected chi connectivity index (χ0v) is 6.84. The third-order valence-corrected chi connectivity index (χ3v) is 4.61. The molecule has 4 aliphatic rings. The first kappa shape index (κ1) is 5.58. The summed E-state index contributed by atoms with van der Waals surface area (Å²) < 4.78 is 0. The fourth-order valence-electron chi connectivity index (χ4n) is 3.72. The molecule has 60 valence electrons. The van der Waals surface area contributed by atoms with Crippen LogP contribution in [0.15, 0.2) is 0 Å². The lowest BCUT2D eigenvalue weighted by molar-refractivity contribution is 0.436. The summed E-state index contributed by atoms with van der Waals surface area (Å²) >= 11 is 0. The summed E-state index contributed by atoms with van der Waals surface area (Å²) in [5.41, 5.74) is 0.885. The Morgan fingerprint density at radius 1 is 1.00 bits per heavy atom. The second-order valence-electron chi connectivity index (χ2n) is 5.35. The maximum atomic E-state index is 3.79. The van der Waals surface area contributed by atoms with Crippen molar-refractivity contribution in [3.63, 3.8) is 0 Å². The van der Waals surface area contributed by atoms with E-state index in [-0.39, 0.29) is 0 Å². The van der Waals surface area contributed by atoms with E-state index in [9.17, 15) is 0 Å². The molecule has 0 amide bonds. The Morgan fingerprint density at radius 2 is 1.91 bits per heavy atom. The zero-order valence-electron chi connectivity index (χ0n) is 6.84. The molecule has 0 bridgehead atoms. The van der Waals surface area contributed by atoms with E-state index >= 15 is 0 Å². The van der Waals surface area contributed by atoms with Crippen LogP contribution in [0.25, 0.3) is 0 Å². The third-order valence-electron chi connectivity index (χ3n) is 4.61. The van der Waals surface area contributed by atoms with Crippen LogP contribution >= 0.6 is 0 Å². The minimum Gasteiger partial charge on any atom is -0.311 e. The predicted octanol–water partition coefficient (Wildman–Crippen LogP) is 1.54. The van der Waals surface area contributed by atoms with E-state index in [1.54, 1.807) is 19.3 Å². The molecule has 4 atom stereocenters. The van der Waals surface area contributed by atoms with Crippen molar-refractivity contribution in [2.45, 2.75) is 44.2 Å². The van der Waals surface area contributed by atoms with E-state index in [4.69, 9.17) is 0 Å². The van der Waals surface area contributed by atoms with Crippen LogP contribution in [0.5, 0.6) is 0 Å². The smallest absolute Gasteiger partial charge is 0.0107 e. The lowest BCUT2D eigenvalue weighted by atomic mass is 9.99. The quantitative estimate of drug-likeness (QED) is 0.551. The molecule has 1 heterocycles. The molecule has 1 nitrogen and oxygen atoms in total. The van der Waals surface area contributed by atoms with Gasteiger partial charge in [0.15, 0.2) is 0 Å². The number of hydrogen-bond acceptors (Lipinski definition) is 1. The van der Waals surface area contributed by atoms with Crippen LogP contribution in [0.4, 0.5) is 0 Å². The number of fused-ring (bicyclic) bond motifs is 3. The van der Waals surface area contributed by atoms with Crippen molar-refractivity contribution in [3.05, 3.63) is 0 Å². The lowest BCUT2D eigenvalue weighted by Crippen LogP contribution is -2.27. The zero-order chi connectivity index (χ0) is 7.05. The molecular weight excluding hydrogens is 134 g/mol. The summed E-state index contributed by atoms with van der Waals surface area (Å²) in [6.45, 7) is 0. The van der Waals surface area contributed by atoms with Gasteiger partial charge in [0.1, 0.15) is 0 Å². The molecule has 3 aliphatic carbocycles. The van der Waals surface area contributed by atoms with Gasteiger partial charge in [0, 0.05) is 12.1 Å². The van der Waals surface area contributed by atoms with Crippen molar-refractivity contribution in [2.75, 3.05) is 0 Å². The predicted molar refractivity (Wildman–Crippen MR) is 43.2 cm³/mol. The van der Waals surface area contributed by atoms with E-state index in [0.717, 1.165) is 29.3 Å². The number of hydrogen-bond donors (Lipinski definition) is 1. The fraction of sp³-hybridized carbons (Fsp3) is 1.00. The number of rotatable bonds is 0. The first-order valence-corrected chi connectivity index (χ1v) is 5.12. The molecule has 11 heavy (non-hydrogen) atoms. The van der Waals surface area contributed by atoms with Gasteiger partial charge >= 0.3 is 0 Å². The number of nitrogens with one attached hydrogen (secondary N) is 1. The van der Waals surface area contributed by atoms with E-state index < -0.39 is 0 Å². The molecule has 0 aromatic carbocycles. The Kier molecular flexibility index (Phi) is 0.706. The summed E-state index contributed by atoms with van der Waals surface area (Å²) in [6, 6.07) is 1.93. The Labute approximate surface area is 67.6 Å². The summed E-state index contributed by atoms with van der Waals surface area (Å²) in [4.78, 5) is 0. The standard InChI is InChI=1S/C10H15N/c1-2-10(1)4-7-6-3-8(6)11-9(7)5-10/h6-9,11H,1-5H2. The van der Waals surface area contributed by atoms with Crippen molar-refractivity contribution in [3.8, 4) is 0 Å². The van der Waals surface area contributed by atoms with Crippen LogP contribution in [-0.2, 0) is 0 Å². The fourth-order valence-corrected chi connectivity index (χ4v) is 3.72. The van der Waals surface area contributed by atoms with Crippen molar-refractivity contribution in [1.29, 1.82) is 0 Å². The van der Waals surface area contributed by atoms with Gasteiger partial charge in [-0.1, -0.05) is 0 Å². The van der Waals surface area contributed by atoms with Crippen molar-refractivity contribution in [1.82, 2.24) is 5.32 Å². The average Bonchev–Trinajstić information content (AvgIpc) is 2.75.